The van der Waals surface area contributed by atoms with Gasteiger partial charge in [0.15, 0.2) is 0 Å². The SMILES string of the molecule is NCc1nnc(-c2ccc(F)cc2Cl)s1. The Hall–Kier alpha value is -1.04. The van der Waals surface area contributed by atoms with E-state index in [9.17, 15) is 4.39 Å². The number of hydrogen-bond acceptors (Lipinski definition) is 4. The van der Waals surface area contributed by atoms with Crippen LogP contribution in [-0.4, -0.2) is 10.2 Å². The van der Waals surface area contributed by atoms with Gasteiger partial charge in [0, 0.05) is 12.1 Å². The zero-order valence-corrected chi connectivity index (χ0v) is 9.15. The molecule has 2 rings (SSSR count). The monoisotopic (exact) mass is 243 g/mol. The summed E-state index contributed by atoms with van der Waals surface area (Å²) < 4.78 is 12.8. The Morgan fingerprint density at radius 2 is 2.20 bits per heavy atom. The summed E-state index contributed by atoms with van der Waals surface area (Å²) in [7, 11) is 0. The largest absolute Gasteiger partial charge is 0.324 e. The Balaban J connectivity index is 2.44. The quantitative estimate of drug-likeness (QED) is 0.882. The summed E-state index contributed by atoms with van der Waals surface area (Å²) in [5, 5.41) is 9.50. The number of hydrogen-bond donors (Lipinski definition) is 1. The van der Waals surface area contributed by atoms with E-state index < -0.39 is 0 Å². The van der Waals surface area contributed by atoms with E-state index in [1.807, 2.05) is 0 Å². The lowest BCUT2D eigenvalue weighted by atomic mass is 10.2. The van der Waals surface area contributed by atoms with E-state index in [0.717, 1.165) is 5.01 Å². The molecule has 0 aliphatic carbocycles. The Kier molecular flexibility index (Phi) is 2.95. The summed E-state index contributed by atoms with van der Waals surface area (Å²) in [6.07, 6.45) is 0. The zero-order valence-electron chi connectivity index (χ0n) is 7.58. The predicted molar refractivity (Wildman–Crippen MR) is 58.2 cm³/mol. The van der Waals surface area contributed by atoms with E-state index in [0.29, 0.717) is 22.1 Å². The number of halogens is 2. The van der Waals surface area contributed by atoms with E-state index >= 15 is 0 Å². The van der Waals surface area contributed by atoms with Crippen LogP contribution in [0.1, 0.15) is 5.01 Å². The Morgan fingerprint density at radius 3 is 2.80 bits per heavy atom. The molecule has 0 aliphatic heterocycles. The summed E-state index contributed by atoms with van der Waals surface area (Å²) >= 11 is 7.24. The second-order valence-electron chi connectivity index (χ2n) is 2.83. The second kappa shape index (κ2) is 4.22. The van der Waals surface area contributed by atoms with Crippen molar-refractivity contribution in [1.82, 2.24) is 10.2 Å². The fourth-order valence-electron chi connectivity index (χ4n) is 1.11. The number of nitrogens with zero attached hydrogens (tertiary/aromatic N) is 2. The van der Waals surface area contributed by atoms with Gasteiger partial charge in [-0.25, -0.2) is 4.39 Å². The minimum Gasteiger partial charge on any atom is -0.324 e. The van der Waals surface area contributed by atoms with Crippen LogP contribution in [0, 0.1) is 5.82 Å². The maximum atomic E-state index is 12.8. The molecule has 0 aliphatic rings. The summed E-state index contributed by atoms with van der Waals surface area (Å²) in [5.74, 6) is -0.368. The summed E-state index contributed by atoms with van der Waals surface area (Å²) in [6, 6.07) is 4.17. The molecule has 1 heterocycles. The second-order valence-corrected chi connectivity index (χ2v) is 4.30. The average Bonchev–Trinajstić information content (AvgIpc) is 2.66. The van der Waals surface area contributed by atoms with Gasteiger partial charge >= 0.3 is 0 Å². The topological polar surface area (TPSA) is 51.8 Å². The van der Waals surface area contributed by atoms with Gasteiger partial charge in [-0.05, 0) is 18.2 Å². The molecule has 1 aromatic heterocycles. The molecule has 78 valence electrons. The van der Waals surface area contributed by atoms with Crippen molar-refractivity contribution < 1.29 is 4.39 Å². The number of aromatic nitrogens is 2. The minimum absolute atomic E-state index is 0.328. The molecule has 0 bridgehead atoms. The average molecular weight is 244 g/mol. The van der Waals surface area contributed by atoms with Gasteiger partial charge in [-0.1, -0.05) is 22.9 Å². The fourth-order valence-corrected chi connectivity index (χ4v) is 2.18. The van der Waals surface area contributed by atoms with E-state index in [2.05, 4.69) is 10.2 Å². The van der Waals surface area contributed by atoms with Gasteiger partial charge < -0.3 is 5.73 Å². The summed E-state index contributed by atoms with van der Waals surface area (Å²) in [6.45, 7) is 0.344. The molecule has 0 saturated carbocycles. The van der Waals surface area contributed by atoms with Crippen LogP contribution >= 0.6 is 22.9 Å². The van der Waals surface area contributed by atoms with Crippen LogP contribution in [0.3, 0.4) is 0 Å². The van der Waals surface area contributed by atoms with E-state index in [4.69, 9.17) is 17.3 Å². The standard InChI is InChI=1S/C9H7ClFN3S/c10-7-3-5(11)1-2-6(7)9-14-13-8(4-12)15-9/h1-3H,4,12H2. The van der Waals surface area contributed by atoms with Gasteiger partial charge in [-0.2, -0.15) is 0 Å². The molecule has 0 saturated heterocycles. The lowest BCUT2D eigenvalue weighted by Crippen LogP contribution is -1.94. The first kappa shape index (κ1) is 10.5. The molecule has 0 fully saturated rings. The number of rotatable bonds is 2. The van der Waals surface area contributed by atoms with Crippen molar-refractivity contribution in [2.45, 2.75) is 6.54 Å². The van der Waals surface area contributed by atoms with Crippen LogP contribution in [0.2, 0.25) is 5.02 Å². The molecule has 0 radical (unpaired) electrons. The van der Waals surface area contributed by atoms with E-state index in [-0.39, 0.29) is 5.82 Å². The van der Waals surface area contributed by atoms with Crippen LogP contribution < -0.4 is 5.73 Å². The predicted octanol–water partition coefficient (Wildman–Crippen LogP) is 2.46. The maximum absolute atomic E-state index is 12.8. The third-order valence-corrected chi connectivity index (χ3v) is 3.09. The van der Waals surface area contributed by atoms with Crippen molar-refractivity contribution in [3.63, 3.8) is 0 Å². The Morgan fingerprint density at radius 1 is 1.40 bits per heavy atom. The van der Waals surface area contributed by atoms with Crippen LogP contribution in [0.15, 0.2) is 18.2 Å². The third-order valence-electron chi connectivity index (χ3n) is 1.80. The van der Waals surface area contributed by atoms with Crippen LogP contribution in [0.25, 0.3) is 10.6 Å². The molecule has 2 N–H and O–H groups in total. The Bertz CT molecular complexity index is 486. The molecule has 15 heavy (non-hydrogen) atoms. The summed E-state index contributed by atoms with van der Waals surface area (Å²) in [4.78, 5) is 0. The van der Waals surface area contributed by atoms with Crippen molar-refractivity contribution in [1.29, 1.82) is 0 Å². The minimum atomic E-state index is -0.368. The molecule has 0 spiro atoms. The van der Waals surface area contributed by atoms with Gasteiger partial charge in [0.25, 0.3) is 0 Å². The highest BCUT2D eigenvalue weighted by Gasteiger charge is 2.09. The zero-order chi connectivity index (χ0) is 10.8. The van der Waals surface area contributed by atoms with Crippen molar-refractivity contribution in [2.75, 3.05) is 0 Å². The fraction of sp³-hybridized carbons (Fsp3) is 0.111. The molecule has 3 nitrogen and oxygen atoms in total. The van der Waals surface area contributed by atoms with Crippen molar-refractivity contribution in [3.8, 4) is 10.6 Å². The first-order chi connectivity index (χ1) is 7.20. The molecular weight excluding hydrogens is 237 g/mol. The van der Waals surface area contributed by atoms with Crippen molar-refractivity contribution in [2.24, 2.45) is 5.73 Å². The lowest BCUT2D eigenvalue weighted by Gasteiger charge is -1.98. The van der Waals surface area contributed by atoms with Crippen molar-refractivity contribution >= 4 is 22.9 Å². The van der Waals surface area contributed by atoms with Gasteiger partial charge in [0.2, 0.25) is 0 Å². The number of nitrogens with two attached hydrogens (primary N) is 1. The first-order valence-corrected chi connectivity index (χ1v) is 5.38. The highest BCUT2D eigenvalue weighted by atomic mass is 35.5. The molecule has 0 unspecified atom stereocenters. The number of benzene rings is 1. The molecule has 6 heteroatoms. The molecule has 0 amide bonds. The molecule has 0 atom stereocenters. The van der Waals surface area contributed by atoms with Gasteiger partial charge in [0.1, 0.15) is 15.8 Å². The smallest absolute Gasteiger partial charge is 0.149 e. The van der Waals surface area contributed by atoms with Gasteiger partial charge in [0.05, 0.1) is 5.02 Å². The highest BCUT2D eigenvalue weighted by molar-refractivity contribution is 7.14. The van der Waals surface area contributed by atoms with Gasteiger partial charge in [-0.3, -0.25) is 0 Å². The van der Waals surface area contributed by atoms with Crippen LogP contribution in [0.4, 0.5) is 4.39 Å². The van der Waals surface area contributed by atoms with Gasteiger partial charge in [-0.15, -0.1) is 10.2 Å². The normalized spacial score (nSPS) is 10.6. The molecule has 1 aromatic carbocycles. The van der Waals surface area contributed by atoms with E-state index in [1.54, 1.807) is 6.07 Å². The third kappa shape index (κ3) is 2.14. The Labute approximate surface area is 94.7 Å². The molecular formula is C9H7ClFN3S. The van der Waals surface area contributed by atoms with Crippen LogP contribution in [-0.2, 0) is 6.54 Å². The maximum Gasteiger partial charge on any atom is 0.149 e. The van der Waals surface area contributed by atoms with Crippen molar-refractivity contribution in [3.05, 3.63) is 34.0 Å². The highest BCUT2D eigenvalue weighted by Crippen LogP contribution is 2.30. The lowest BCUT2D eigenvalue weighted by molar-refractivity contribution is 0.628. The summed E-state index contributed by atoms with van der Waals surface area (Å²) in [5.41, 5.74) is 6.09. The molecule has 2 aromatic rings. The van der Waals surface area contributed by atoms with E-state index in [1.165, 1.54) is 23.5 Å². The first-order valence-electron chi connectivity index (χ1n) is 4.18. The van der Waals surface area contributed by atoms with Crippen LogP contribution in [0.5, 0.6) is 0 Å².